The number of aryl methyl sites for hydroxylation is 1. The Kier molecular flexibility index (Phi) is 3.04. The number of para-hydroxylation sites is 1. The van der Waals surface area contributed by atoms with Crippen molar-refractivity contribution in [1.29, 1.82) is 0 Å². The van der Waals surface area contributed by atoms with Crippen LogP contribution in [0.4, 0.5) is 5.82 Å². The summed E-state index contributed by atoms with van der Waals surface area (Å²) in [7, 11) is 0. The lowest BCUT2D eigenvalue weighted by Gasteiger charge is -2.06. The SMILES string of the molecule is Cc1cccc(CNc2cc3c(cn2)[nH]c2ccccc23)c1. The van der Waals surface area contributed by atoms with E-state index in [1.54, 1.807) is 0 Å². The molecule has 3 nitrogen and oxygen atoms in total. The molecule has 3 heteroatoms. The van der Waals surface area contributed by atoms with Crippen LogP contribution in [0, 0.1) is 6.92 Å². The predicted octanol–water partition coefficient (Wildman–Crippen LogP) is 4.64. The van der Waals surface area contributed by atoms with Gasteiger partial charge in [-0.3, -0.25) is 0 Å². The number of hydrogen-bond donors (Lipinski definition) is 2. The van der Waals surface area contributed by atoms with Gasteiger partial charge in [0.1, 0.15) is 5.82 Å². The zero-order valence-corrected chi connectivity index (χ0v) is 12.4. The molecule has 4 rings (SSSR count). The van der Waals surface area contributed by atoms with Gasteiger partial charge in [-0.15, -0.1) is 0 Å². The first-order valence-corrected chi connectivity index (χ1v) is 7.45. The Morgan fingerprint density at radius 3 is 2.77 bits per heavy atom. The third kappa shape index (κ3) is 2.31. The number of H-pyrrole nitrogens is 1. The minimum atomic E-state index is 0.780. The van der Waals surface area contributed by atoms with E-state index in [1.807, 2.05) is 12.3 Å². The van der Waals surface area contributed by atoms with Gasteiger partial charge in [0, 0.05) is 22.8 Å². The number of hydrogen-bond acceptors (Lipinski definition) is 2. The van der Waals surface area contributed by atoms with Crippen molar-refractivity contribution < 1.29 is 0 Å². The fourth-order valence-electron chi connectivity index (χ4n) is 2.86. The standard InChI is InChI=1S/C19H17N3/c1-13-5-4-6-14(9-13)11-20-19-10-16-15-7-2-3-8-17(15)22-18(16)12-21-19/h2-10,12,22H,11H2,1H3,(H,20,21). The summed E-state index contributed by atoms with van der Waals surface area (Å²) in [6, 6.07) is 19.0. The number of aromatic amines is 1. The third-order valence-corrected chi connectivity index (χ3v) is 3.95. The first-order chi connectivity index (χ1) is 10.8. The number of fused-ring (bicyclic) bond motifs is 3. The Hall–Kier alpha value is -2.81. The van der Waals surface area contributed by atoms with E-state index in [1.165, 1.54) is 21.9 Å². The normalized spacial score (nSPS) is 11.1. The summed E-state index contributed by atoms with van der Waals surface area (Å²) in [4.78, 5) is 7.89. The van der Waals surface area contributed by atoms with Gasteiger partial charge in [-0.1, -0.05) is 48.0 Å². The number of benzene rings is 2. The molecule has 0 radical (unpaired) electrons. The van der Waals surface area contributed by atoms with E-state index in [-0.39, 0.29) is 0 Å². The van der Waals surface area contributed by atoms with Gasteiger partial charge in [-0.05, 0) is 24.6 Å². The summed E-state index contributed by atoms with van der Waals surface area (Å²) in [6.07, 6.45) is 1.90. The van der Waals surface area contributed by atoms with E-state index in [4.69, 9.17) is 0 Å². The molecule has 0 atom stereocenters. The van der Waals surface area contributed by atoms with Crippen molar-refractivity contribution in [3.05, 3.63) is 71.9 Å². The molecule has 22 heavy (non-hydrogen) atoms. The van der Waals surface area contributed by atoms with E-state index in [0.29, 0.717) is 0 Å². The average Bonchev–Trinajstić information content (AvgIpc) is 2.91. The van der Waals surface area contributed by atoms with E-state index in [9.17, 15) is 0 Å². The molecule has 0 aliphatic rings. The second kappa shape index (κ2) is 5.19. The van der Waals surface area contributed by atoms with Crippen molar-refractivity contribution in [3.63, 3.8) is 0 Å². The monoisotopic (exact) mass is 287 g/mol. The number of nitrogens with one attached hydrogen (secondary N) is 2. The van der Waals surface area contributed by atoms with Crippen molar-refractivity contribution in [1.82, 2.24) is 9.97 Å². The Bertz CT molecular complexity index is 953. The minimum absolute atomic E-state index is 0.780. The van der Waals surface area contributed by atoms with Crippen molar-refractivity contribution in [2.45, 2.75) is 13.5 Å². The van der Waals surface area contributed by atoms with Gasteiger partial charge in [-0.25, -0.2) is 4.98 Å². The van der Waals surface area contributed by atoms with E-state index >= 15 is 0 Å². The summed E-state index contributed by atoms with van der Waals surface area (Å²) < 4.78 is 0. The predicted molar refractivity (Wildman–Crippen MR) is 92.1 cm³/mol. The maximum atomic E-state index is 4.50. The zero-order valence-electron chi connectivity index (χ0n) is 12.4. The van der Waals surface area contributed by atoms with Crippen LogP contribution in [-0.4, -0.2) is 9.97 Å². The molecule has 0 unspecified atom stereocenters. The second-order valence-electron chi connectivity index (χ2n) is 5.63. The fourth-order valence-corrected chi connectivity index (χ4v) is 2.86. The molecule has 4 aromatic rings. The quantitative estimate of drug-likeness (QED) is 0.576. The van der Waals surface area contributed by atoms with Crippen LogP contribution in [-0.2, 0) is 6.54 Å². The highest BCUT2D eigenvalue weighted by Crippen LogP contribution is 2.26. The molecular formula is C19H17N3. The van der Waals surface area contributed by atoms with Gasteiger partial charge in [0.2, 0.25) is 0 Å². The molecule has 2 heterocycles. The molecule has 0 fully saturated rings. The molecule has 0 aliphatic heterocycles. The fraction of sp³-hybridized carbons (Fsp3) is 0.105. The maximum absolute atomic E-state index is 4.50. The molecule has 0 spiro atoms. The summed E-state index contributed by atoms with van der Waals surface area (Å²) in [5, 5.41) is 5.85. The Labute approximate surface area is 129 Å². The number of nitrogens with zero attached hydrogens (tertiary/aromatic N) is 1. The van der Waals surface area contributed by atoms with Crippen molar-refractivity contribution in [2.75, 3.05) is 5.32 Å². The highest BCUT2D eigenvalue weighted by atomic mass is 15.0. The van der Waals surface area contributed by atoms with Crippen molar-refractivity contribution >= 4 is 27.6 Å². The van der Waals surface area contributed by atoms with Gasteiger partial charge in [0.15, 0.2) is 0 Å². The van der Waals surface area contributed by atoms with Gasteiger partial charge >= 0.3 is 0 Å². The molecule has 0 aliphatic carbocycles. The highest BCUT2D eigenvalue weighted by Gasteiger charge is 2.05. The average molecular weight is 287 g/mol. The third-order valence-electron chi connectivity index (χ3n) is 3.95. The summed E-state index contributed by atoms with van der Waals surface area (Å²) >= 11 is 0. The second-order valence-corrected chi connectivity index (χ2v) is 5.63. The molecule has 0 bridgehead atoms. The summed E-state index contributed by atoms with van der Waals surface area (Å²) in [6.45, 7) is 2.89. The van der Waals surface area contributed by atoms with Crippen LogP contribution in [0.2, 0.25) is 0 Å². The summed E-state index contributed by atoms with van der Waals surface area (Å²) in [5.41, 5.74) is 4.76. The topological polar surface area (TPSA) is 40.7 Å². The van der Waals surface area contributed by atoms with Crippen LogP contribution in [0.15, 0.2) is 60.8 Å². The van der Waals surface area contributed by atoms with Gasteiger partial charge in [0.25, 0.3) is 0 Å². The van der Waals surface area contributed by atoms with E-state index in [0.717, 1.165) is 23.4 Å². The largest absolute Gasteiger partial charge is 0.366 e. The molecule has 2 N–H and O–H groups in total. The first-order valence-electron chi connectivity index (χ1n) is 7.45. The smallest absolute Gasteiger partial charge is 0.126 e. The lowest BCUT2D eigenvalue weighted by molar-refractivity contribution is 1.11. The lowest BCUT2D eigenvalue weighted by atomic mass is 10.1. The van der Waals surface area contributed by atoms with Crippen molar-refractivity contribution in [3.8, 4) is 0 Å². The van der Waals surface area contributed by atoms with Crippen LogP contribution < -0.4 is 5.32 Å². The number of pyridine rings is 1. The van der Waals surface area contributed by atoms with Gasteiger partial charge in [-0.2, -0.15) is 0 Å². The molecular weight excluding hydrogens is 270 g/mol. The Morgan fingerprint density at radius 1 is 0.955 bits per heavy atom. The molecule has 0 saturated heterocycles. The Morgan fingerprint density at radius 2 is 1.86 bits per heavy atom. The molecule has 108 valence electrons. The number of anilines is 1. The van der Waals surface area contributed by atoms with Crippen LogP contribution in [0.3, 0.4) is 0 Å². The Balaban J connectivity index is 1.66. The van der Waals surface area contributed by atoms with Gasteiger partial charge < -0.3 is 10.3 Å². The maximum Gasteiger partial charge on any atom is 0.126 e. The number of rotatable bonds is 3. The van der Waals surface area contributed by atoms with Crippen LogP contribution in [0.5, 0.6) is 0 Å². The molecule has 0 amide bonds. The molecule has 2 aromatic heterocycles. The lowest BCUT2D eigenvalue weighted by Crippen LogP contribution is -2.01. The highest BCUT2D eigenvalue weighted by molar-refractivity contribution is 6.07. The van der Waals surface area contributed by atoms with Crippen LogP contribution in [0.1, 0.15) is 11.1 Å². The molecule has 0 saturated carbocycles. The van der Waals surface area contributed by atoms with Crippen molar-refractivity contribution in [2.24, 2.45) is 0 Å². The minimum Gasteiger partial charge on any atom is -0.366 e. The first kappa shape index (κ1) is 12.9. The van der Waals surface area contributed by atoms with Crippen LogP contribution >= 0.6 is 0 Å². The molecule has 2 aromatic carbocycles. The van der Waals surface area contributed by atoms with E-state index < -0.39 is 0 Å². The summed E-state index contributed by atoms with van der Waals surface area (Å²) in [5.74, 6) is 0.902. The van der Waals surface area contributed by atoms with Crippen LogP contribution in [0.25, 0.3) is 21.8 Å². The zero-order chi connectivity index (χ0) is 14.9. The van der Waals surface area contributed by atoms with Gasteiger partial charge in [0.05, 0.1) is 11.7 Å². The number of aromatic nitrogens is 2. The van der Waals surface area contributed by atoms with E-state index in [2.05, 4.69) is 70.7 Å².